The molecule has 0 aliphatic rings. The average Bonchev–Trinajstić information content (AvgIpc) is 2.91. The van der Waals surface area contributed by atoms with E-state index in [4.69, 9.17) is 0 Å². The van der Waals surface area contributed by atoms with Crippen LogP contribution in [-0.4, -0.2) is 0 Å². The van der Waals surface area contributed by atoms with Crippen molar-refractivity contribution in [3.05, 3.63) is 0 Å². The molecule has 0 bridgehead atoms. The molecule has 0 saturated carbocycles. The van der Waals surface area contributed by atoms with Gasteiger partial charge in [0.2, 0.25) is 0 Å². The largest absolute Gasteiger partial charge is 0.0654 e. The summed E-state index contributed by atoms with van der Waals surface area (Å²) in [6.45, 7) is 6.97. The van der Waals surface area contributed by atoms with Crippen molar-refractivity contribution in [2.45, 2.75) is 233 Å². The molecule has 0 unspecified atom stereocenters. The summed E-state index contributed by atoms with van der Waals surface area (Å²) in [7, 11) is 0. The van der Waals surface area contributed by atoms with Crippen molar-refractivity contribution in [2.75, 3.05) is 0 Å². The Morgan fingerprint density at radius 1 is 0.216 bits per heavy atom. The van der Waals surface area contributed by atoms with E-state index >= 15 is 0 Å². The van der Waals surface area contributed by atoms with Crippen LogP contribution in [0.15, 0.2) is 0 Å². The van der Waals surface area contributed by atoms with Crippen molar-refractivity contribution in [1.29, 1.82) is 0 Å². The summed E-state index contributed by atoms with van der Waals surface area (Å²) in [5, 5.41) is 0. The van der Waals surface area contributed by atoms with Crippen LogP contribution in [0.1, 0.15) is 233 Å². The Hall–Kier alpha value is 0. The summed E-state index contributed by atoms with van der Waals surface area (Å²) in [4.78, 5) is 0. The zero-order chi connectivity index (χ0) is 26.9. The molecular formula is C37H76. The van der Waals surface area contributed by atoms with Gasteiger partial charge in [0.15, 0.2) is 0 Å². The van der Waals surface area contributed by atoms with Gasteiger partial charge in [-0.1, -0.05) is 233 Å². The standard InChI is InChI=1S/C37H76/c1-4-7-10-13-16-17-18-19-20-21-22-23-24-27-30-33-36-37(34-31-28-25-14-11-8-5-2)35-32-29-26-15-12-9-6-3/h37H,4-36H2,1-3H3. The van der Waals surface area contributed by atoms with E-state index in [9.17, 15) is 0 Å². The van der Waals surface area contributed by atoms with Crippen LogP contribution < -0.4 is 0 Å². The zero-order valence-electron chi connectivity index (χ0n) is 26.9. The Bertz CT molecular complexity index is 354. The molecule has 0 aromatic heterocycles. The second kappa shape index (κ2) is 34.0. The molecule has 0 amide bonds. The molecule has 0 aliphatic heterocycles. The highest BCUT2D eigenvalue weighted by molar-refractivity contribution is 4.62. The van der Waals surface area contributed by atoms with Crippen molar-refractivity contribution >= 4 is 0 Å². The van der Waals surface area contributed by atoms with Crippen LogP contribution in [0.2, 0.25) is 0 Å². The molecule has 0 atom stereocenters. The highest BCUT2D eigenvalue weighted by Crippen LogP contribution is 2.25. The van der Waals surface area contributed by atoms with E-state index in [1.165, 1.54) is 212 Å². The minimum atomic E-state index is 1.04. The molecule has 0 saturated heterocycles. The Morgan fingerprint density at radius 2 is 0.378 bits per heavy atom. The molecule has 0 aromatic rings. The maximum atomic E-state index is 2.33. The van der Waals surface area contributed by atoms with E-state index in [2.05, 4.69) is 20.8 Å². The first-order valence-electron chi connectivity index (χ1n) is 18.3. The number of hydrogen-bond acceptors (Lipinski definition) is 0. The van der Waals surface area contributed by atoms with Crippen LogP contribution in [0.5, 0.6) is 0 Å². The molecule has 0 aromatic carbocycles. The van der Waals surface area contributed by atoms with Gasteiger partial charge in [-0.2, -0.15) is 0 Å². The van der Waals surface area contributed by atoms with Gasteiger partial charge in [0, 0.05) is 0 Å². The third kappa shape index (κ3) is 32.1. The summed E-state index contributed by atoms with van der Waals surface area (Å²) in [5.74, 6) is 1.04. The van der Waals surface area contributed by atoms with Crippen molar-refractivity contribution in [1.82, 2.24) is 0 Å². The smallest absolute Gasteiger partial charge is 0.0414 e. The second-order valence-corrected chi connectivity index (χ2v) is 12.8. The molecule has 0 rings (SSSR count). The fourth-order valence-electron chi connectivity index (χ4n) is 6.19. The molecule has 0 fully saturated rings. The highest BCUT2D eigenvalue weighted by atomic mass is 14.1. The first-order valence-corrected chi connectivity index (χ1v) is 18.3. The first kappa shape index (κ1) is 37.0. The van der Waals surface area contributed by atoms with E-state index in [1.807, 2.05) is 0 Å². The van der Waals surface area contributed by atoms with Gasteiger partial charge in [0.1, 0.15) is 0 Å². The number of unbranched alkanes of at least 4 members (excludes halogenated alkanes) is 27. The van der Waals surface area contributed by atoms with Gasteiger partial charge in [0.25, 0.3) is 0 Å². The molecule has 0 heteroatoms. The van der Waals surface area contributed by atoms with Crippen molar-refractivity contribution in [2.24, 2.45) is 5.92 Å². The van der Waals surface area contributed by atoms with E-state index in [-0.39, 0.29) is 0 Å². The van der Waals surface area contributed by atoms with Crippen LogP contribution in [0, 0.1) is 5.92 Å². The molecule has 0 radical (unpaired) electrons. The van der Waals surface area contributed by atoms with E-state index < -0.39 is 0 Å². The van der Waals surface area contributed by atoms with Crippen LogP contribution in [0.3, 0.4) is 0 Å². The summed E-state index contributed by atoms with van der Waals surface area (Å²) in [6, 6.07) is 0. The lowest BCUT2D eigenvalue weighted by Gasteiger charge is -2.17. The van der Waals surface area contributed by atoms with Gasteiger partial charge < -0.3 is 0 Å². The molecule has 0 nitrogen and oxygen atoms in total. The third-order valence-corrected chi connectivity index (χ3v) is 8.90. The molecule has 0 aliphatic carbocycles. The minimum absolute atomic E-state index is 1.04. The van der Waals surface area contributed by atoms with E-state index in [0.717, 1.165) is 5.92 Å². The Balaban J connectivity index is 3.69. The molecule has 224 valence electrons. The molecular weight excluding hydrogens is 444 g/mol. The number of hydrogen-bond donors (Lipinski definition) is 0. The summed E-state index contributed by atoms with van der Waals surface area (Å²) < 4.78 is 0. The summed E-state index contributed by atoms with van der Waals surface area (Å²) in [5.41, 5.74) is 0. The average molecular weight is 521 g/mol. The van der Waals surface area contributed by atoms with Crippen molar-refractivity contribution < 1.29 is 0 Å². The predicted molar refractivity (Wildman–Crippen MR) is 173 cm³/mol. The Labute approximate surface area is 238 Å². The summed E-state index contributed by atoms with van der Waals surface area (Å²) in [6.07, 6.45) is 48.8. The van der Waals surface area contributed by atoms with Crippen molar-refractivity contribution in [3.8, 4) is 0 Å². The van der Waals surface area contributed by atoms with E-state index in [1.54, 1.807) is 0 Å². The maximum Gasteiger partial charge on any atom is -0.0414 e. The van der Waals surface area contributed by atoms with Crippen LogP contribution in [0.4, 0.5) is 0 Å². The maximum absolute atomic E-state index is 2.33. The lowest BCUT2D eigenvalue weighted by Crippen LogP contribution is -2.01. The third-order valence-electron chi connectivity index (χ3n) is 8.90. The van der Waals surface area contributed by atoms with Crippen LogP contribution in [0.25, 0.3) is 0 Å². The lowest BCUT2D eigenvalue weighted by atomic mass is 9.89. The Morgan fingerprint density at radius 3 is 0.568 bits per heavy atom. The monoisotopic (exact) mass is 521 g/mol. The molecule has 37 heavy (non-hydrogen) atoms. The van der Waals surface area contributed by atoms with Crippen LogP contribution in [-0.2, 0) is 0 Å². The van der Waals surface area contributed by atoms with Gasteiger partial charge in [-0.25, -0.2) is 0 Å². The minimum Gasteiger partial charge on any atom is -0.0654 e. The quantitative estimate of drug-likeness (QED) is 0.0754. The van der Waals surface area contributed by atoms with Gasteiger partial charge in [-0.3, -0.25) is 0 Å². The van der Waals surface area contributed by atoms with Gasteiger partial charge in [-0.05, 0) is 5.92 Å². The predicted octanol–water partition coefficient (Wildman–Crippen LogP) is 14.5. The first-order chi connectivity index (χ1) is 18.3. The van der Waals surface area contributed by atoms with Gasteiger partial charge in [0.05, 0.1) is 0 Å². The van der Waals surface area contributed by atoms with Gasteiger partial charge in [-0.15, -0.1) is 0 Å². The molecule has 0 spiro atoms. The SMILES string of the molecule is CCCCCCCCCCCCCCCCCCC(CCCCCCCCC)CCCCCCCCC. The lowest BCUT2D eigenvalue weighted by molar-refractivity contribution is 0.365. The topological polar surface area (TPSA) is 0 Å². The normalized spacial score (nSPS) is 11.7. The zero-order valence-corrected chi connectivity index (χ0v) is 26.9. The van der Waals surface area contributed by atoms with E-state index in [0.29, 0.717) is 0 Å². The van der Waals surface area contributed by atoms with Gasteiger partial charge >= 0.3 is 0 Å². The number of rotatable bonds is 33. The molecule has 0 heterocycles. The Kier molecular flexibility index (Phi) is 34.0. The second-order valence-electron chi connectivity index (χ2n) is 12.8. The van der Waals surface area contributed by atoms with Crippen LogP contribution >= 0.6 is 0 Å². The van der Waals surface area contributed by atoms with Crippen molar-refractivity contribution in [3.63, 3.8) is 0 Å². The molecule has 0 N–H and O–H groups in total. The summed E-state index contributed by atoms with van der Waals surface area (Å²) >= 11 is 0. The fraction of sp³-hybridized carbons (Fsp3) is 1.00. The highest BCUT2D eigenvalue weighted by Gasteiger charge is 2.09. The fourth-order valence-corrected chi connectivity index (χ4v) is 6.19.